The summed E-state index contributed by atoms with van der Waals surface area (Å²) in [4.78, 5) is 53.8. The lowest BCUT2D eigenvalue weighted by Crippen LogP contribution is -2.53. The summed E-state index contributed by atoms with van der Waals surface area (Å²) < 4.78 is 28.0. The van der Waals surface area contributed by atoms with Gasteiger partial charge in [0, 0.05) is 36.3 Å². The Morgan fingerprint density at radius 1 is 1.16 bits per heavy atom. The average molecular weight is 643 g/mol. The molecule has 240 valence electrons. The minimum Gasteiger partial charge on any atom is -0.507 e. The lowest BCUT2D eigenvalue weighted by molar-refractivity contribution is -0.128. The zero-order valence-electron chi connectivity index (χ0n) is 25.5. The Bertz CT molecular complexity index is 1620. The number of benzene rings is 2. The van der Waals surface area contributed by atoms with Crippen molar-refractivity contribution in [1.82, 2.24) is 5.32 Å². The van der Waals surface area contributed by atoms with Crippen LogP contribution >= 0.6 is 11.6 Å². The predicted octanol–water partition coefficient (Wildman–Crippen LogP) is 4.01. The average Bonchev–Trinajstić information content (AvgIpc) is 3.61. The molecule has 2 aliphatic heterocycles. The van der Waals surface area contributed by atoms with E-state index in [1.54, 1.807) is 32.0 Å². The Morgan fingerprint density at radius 2 is 1.84 bits per heavy atom. The number of aliphatic hydroxyl groups is 1. The smallest absolute Gasteiger partial charge is 0.240 e. The molecule has 2 aromatic rings. The molecule has 0 saturated carbocycles. The summed E-state index contributed by atoms with van der Waals surface area (Å²) in [6, 6.07) is 5.35. The minimum atomic E-state index is -2.05. The maximum Gasteiger partial charge on any atom is 0.240 e. The molecule has 0 radical (unpaired) electrons. The SMILES string of the molecule is CCC(C)C(NC(=O)CC(C1=C(O)C2(Oc3c(Cl)c(OC)cc(OC)c3C2=O)C(C)CC1=O)c1ccc2c(c1)OCO2)C(N)=O. The summed E-state index contributed by atoms with van der Waals surface area (Å²) in [5.74, 6) is -4.20. The van der Waals surface area contributed by atoms with Crippen molar-refractivity contribution in [1.29, 1.82) is 0 Å². The number of hydrogen-bond donors (Lipinski definition) is 3. The van der Waals surface area contributed by atoms with Gasteiger partial charge >= 0.3 is 0 Å². The number of nitrogens with one attached hydrogen (secondary N) is 1. The molecule has 0 bridgehead atoms. The van der Waals surface area contributed by atoms with E-state index in [0.717, 1.165) is 0 Å². The standard InChI is InChI=1S/C32H35ClN2O10/c1-6-14(2)27(31(34)40)35-23(37)11-17(16-7-8-19-20(10-16)44-13-43-19)24-18(36)9-15(3)32(29(24)38)30(39)25-21(41-4)12-22(42-5)26(33)28(25)45-32/h7-8,10,12,14-15,17,27,38H,6,9,11,13H2,1-5H3,(H2,34,40)(H,35,37). The van der Waals surface area contributed by atoms with E-state index in [-0.39, 0.29) is 59.0 Å². The molecule has 5 atom stereocenters. The quantitative estimate of drug-likeness (QED) is 0.344. The van der Waals surface area contributed by atoms with E-state index in [4.69, 9.17) is 41.0 Å². The number of carbonyl (C=O) groups is 4. The number of aliphatic hydroxyl groups excluding tert-OH is 1. The van der Waals surface area contributed by atoms with Crippen LogP contribution in [0.4, 0.5) is 0 Å². The van der Waals surface area contributed by atoms with Crippen molar-refractivity contribution in [3.05, 3.63) is 51.7 Å². The number of allylic oxidation sites excluding steroid dienone is 1. The normalized spacial score (nSPS) is 22.0. The Hall–Kier alpha value is -4.45. The van der Waals surface area contributed by atoms with Gasteiger partial charge in [0.1, 0.15) is 28.1 Å². The van der Waals surface area contributed by atoms with Gasteiger partial charge in [-0.25, -0.2) is 0 Å². The predicted molar refractivity (Wildman–Crippen MR) is 161 cm³/mol. The highest BCUT2D eigenvalue weighted by atomic mass is 35.5. The number of fused-ring (bicyclic) bond motifs is 2. The van der Waals surface area contributed by atoms with E-state index in [0.29, 0.717) is 23.5 Å². The monoisotopic (exact) mass is 642 g/mol. The van der Waals surface area contributed by atoms with Gasteiger partial charge in [-0.1, -0.05) is 44.9 Å². The summed E-state index contributed by atoms with van der Waals surface area (Å²) in [7, 11) is 2.76. The van der Waals surface area contributed by atoms with Crippen molar-refractivity contribution in [3.63, 3.8) is 0 Å². The third-order valence-electron chi connectivity index (χ3n) is 8.88. The van der Waals surface area contributed by atoms with Gasteiger partial charge in [-0.3, -0.25) is 19.2 Å². The second-order valence-corrected chi connectivity index (χ2v) is 11.8. The first kappa shape index (κ1) is 32.0. The number of ketones is 2. The molecule has 0 aromatic heterocycles. The van der Waals surface area contributed by atoms with Gasteiger partial charge < -0.3 is 39.8 Å². The van der Waals surface area contributed by atoms with Gasteiger partial charge in [-0.2, -0.15) is 0 Å². The van der Waals surface area contributed by atoms with Gasteiger partial charge in [-0.05, 0) is 23.6 Å². The van der Waals surface area contributed by atoms with Crippen LogP contribution in [0.15, 0.2) is 35.6 Å². The van der Waals surface area contributed by atoms with E-state index < -0.39 is 52.6 Å². The highest BCUT2D eigenvalue weighted by molar-refractivity contribution is 6.35. The number of rotatable bonds is 10. The lowest BCUT2D eigenvalue weighted by Gasteiger charge is -2.38. The summed E-state index contributed by atoms with van der Waals surface area (Å²) in [6.45, 7) is 5.24. The van der Waals surface area contributed by atoms with Gasteiger partial charge in [0.25, 0.3) is 0 Å². The molecular weight excluding hydrogens is 608 g/mol. The number of Topliss-reactive ketones (excluding diaryl/α,β-unsaturated/α-hetero) is 2. The molecule has 1 aliphatic carbocycles. The summed E-state index contributed by atoms with van der Waals surface area (Å²) in [6.07, 6.45) is -0.00867. The molecule has 2 amide bonds. The number of amides is 2. The Labute approximate surface area is 264 Å². The lowest BCUT2D eigenvalue weighted by atomic mass is 9.69. The molecule has 2 heterocycles. The maximum absolute atomic E-state index is 14.3. The third-order valence-corrected chi connectivity index (χ3v) is 9.24. The van der Waals surface area contributed by atoms with E-state index in [9.17, 15) is 24.3 Å². The van der Waals surface area contributed by atoms with Gasteiger partial charge in [0.05, 0.1) is 14.2 Å². The molecule has 0 saturated heterocycles. The van der Waals surface area contributed by atoms with Crippen LogP contribution in [-0.2, 0) is 14.4 Å². The molecule has 2 aromatic carbocycles. The van der Waals surface area contributed by atoms with Gasteiger partial charge in [-0.15, -0.1) is 0 Å². The first-order valence-corrected chi connectivity index (χ1v) is 14.9. The molecule has 5 rings (SSSR count). The molecule has 13 heteroatoms. The molecule has 45 heavy (non-hydrogen) atoms. The number of primary amides is 1. The number of carbonyl (C=O) groups excluding carboxylic acids is 4. The van der Waals surface area contributed by atoms with E-state index in [1.807, 2.05) is 6.92 Å². The number of methoxy groups -OCH3 is 2. The maximum atomic E-state index is 14.3. The Morgan fingerprint density at radius 3 is 2.49 bits per heavy atom. The molecule has 12 nitrogen and oxygen atoms in total. The minimum absolute atomic E-state index is 0.00814. The highest BCUT2D eigenvalue weighted by Crippen LogP contribution is 2.56. The Balaban J connectivity index is 1.65. The van der Waals surface area contributed by atoms with E-state index in [1.165, 1.54) is 20.3 Å². The van der Waals surface area contributed by atoms with Crippen molar-refractivity contribution in [3.8, 4) is 28.7 Å². The zero-order chi connectivity index (χ0) is 32.8. The van der Waals surface area contributed by atoms with Crippen molar-refractivity contribution in [2.75, 3.05) is 21.0 Å². The van der Waals surface area contributed by atoms with Crippen LogP contribution in [0.5, 0.6) is 28.7 Å². The summed E-state index contributed by atoms with van der Waals surface area (Å²) in [5.41, 5.74) is 3.76. The fourth-order valence-electron chi connectivity index (χ4n) is 6.20. The molecule has 5 unspecified atom stereocenters. The number of hydrogen-bond acceptors (Lipinski definition) is 10. The first-order chi connectivity index (χ1) is 21.4. The molecule has 3 aliphatic rings. The van der Waals surface area contributed by atoms with Crippen LogP contribution in [0.2, 0.25) is 5.02 Å². The van der Waals surface area contributed by atoms with Crippen LogP contribution in [0.1, 0.15) is 61.9 Å². The van der Waals surface area contributed by atoms with Crippen LogP contribution in [0.25, 0.3) is 0 Å². The zero-order valence-corrected chi connectivity index (χ0v) is 26.3. The van der Waals surface area contributed by atoms with Crippen LogP contribution in [0.3, 0.4) is 0 Å². The fourth-order valence-corrected chi connectivity index (χ4v) is 6.47. The van der Waals surface area contributed by atoms with E-state index >= 15 is 0 Å². The van der Waals surface area contributed by atoms with Crippen molar-refractivity contribution in [2.45, 2.75) is 57.6 Å². The van der Waals surface area contributed by atoms with Crippen molar-refractivity contribution in [2.24, 2.45) is 17.6 Å². The summed E-state index contributed by atoms with van der Waals surface area (Å²) >= 11 is 6.57. The second-order valence-electron chi connectivity index (χ2n) is 11.5. The second kappa shape index (κ2) is 12.2. The highest BCUT2D eigenvalue weighted by Gasteiger charge is 2.61. The summed E-state index contributed by atoms with van der Waals surface area (Å²) in [5, 5.41) is 14.7. The largest absolute Gasteiger partial charge is 0.507 e. The van der Waals surface area contributed by atoms with Crippen molar-refractivity contribution < 1.29 is 48.0 Å². The van der Waals surface area contributed by atoms with Crippen LogP contribution in [-0.4, -0.2) is 61.1 Å². The molecular formula is C32H35ClN2O10. The Kier molecular flexibility index (Phi) is 8.63. The number of halogens is 1. The van der Waals surface area contributed by atoms with Crippen LogP contribution < -0.4 is 34.7 Å². The molecule has 1 spiro atoms. The first-order valence-electron chi connectivity index (χ1n) is 14.5. The van der Waals surface area contributed by atoms with Gasteiger partial charge in [0.15, 0.2) is 28.8 Å². The topological polar surface area (TPSA) is 173 Å². The molecule has 4 N–H and O–H groups in total. The van der Waals surface area contributed by atoms with Crippen molar-refractivity contribution >= 4 is 35.0 Å². The number of ether oxygens (including phenoxy) is 5. The number of nitrogens with two attached hydrogens (primary N) is 1. The third kappa shape index (κ3) is 5.20. The van der Waals surface area contributed by atoms with E-state index in [2.05, 4.69) is 5.32 Å². The van der Waals surface area contributed by atoms with Crippen LogP contribution in [0, 0.1) is 11.8 Å². The molecule has 0 fully saturated rings. The fraction of sp³-hybridized carbons (Fsp3) is 0.438. The van der Waals surface area contributed by atoms with Gasteiger partial charge in [0.2, 0.25) is 30.0 Å².